The highest BCUT2D eigenvalue weighted by Gasteiger charge is 2.30. The summed E-state index contributed by atoms with van der Waals surface area (Å²) in [5.41, 5.74) is 4.64. The van der Waals surface area contributed by atoms with Crippen LogP contribution >= 0.6 is 23.2 Å². The van der Waals surface area contributed by atoms with Crippen LogP contribution in [0.15, 0.2) is 36.4 Å². The number of carbonyl (C=O) groups excluding carboxylic acids is 1. The van der Waals surface area contributed by atoms with E-state index in [0.717, 1.165) is 63.8 Å². The predicted octanol–water partition coefficient (Wildman–Crippen LogP) is 4.86. The lowest BCUT2D eigenvalue weighted by Crippen LogP contribution is -2.53. The fraction of sp³-hybridized carbons (Fsp3) is 0.480. The van der Waals surface area contributed by atoms with Crippen molar-refractivity contribution in [2.45, 2.75) is 44.8 Å². The molecule has 1 amide bonds. The van der Waals surface area contributed by atoms with Crippen LogP contribution in [0.1, 0.15) is 46.3 Å². The van der Waals surface area contributed by atoms with E-state index in [1.807, 2.05) is 29.2 Å². The zero-order chi connectivity index (χ0) is 21.4. The molecule has 0 N–H and O–H groups in total. The second-order valence-corrected chi connectivity index (χ2v) is 9.92. The number of nitrogens with zero attached hydrogens (tertiary/aromatic N) is 3. The first-order chi connectivity index (χ1) is 15.1. The van der Waals surface area contributed by atoms with E-state index in [1.165, 1.54) is 36.0 Å². The van der Waals surface area contributed by atoms with Gasteiger partial charge in [0.1, 0.15) is 0 Å². The lowest BCUT2D eigenvalue weighted by atomic mass is 9.91. The van der Waals surface area contributed by atoms with Crippen LogP contribution in [-0.2, 0) is 19.5 Å². The van der Waals surface area contributed by atoms with Gasteiger partial charge in [0.15, 0.2) is 0 Å². The fourth-order valence-corrected chi connectivity index (χ4v) is 5.32. The molecule has 0 spiro atoms. The maximum atomic E-state index is 13.1. The molecular formula is C25H29Cl2N3O. The lowest BCUT2D eigenvalue weighted by Gasteiger charge is -2.43. The number of halogens is 2. The second kappa shape index (κ2) is 9.11. The zero-order valence-corrected chi connectivity index (χ0v) is 19.3. The highest BCUT2D eigenvalue weighted by atomic mass is 35.5. The zero-order valence-electron chi connectivity index (χ0n) is 17.8. The second-order valence-electron chi connectivity index (χ2n) is 9.11. The van der Waals surface area contributed by atoms with Gasteiger partial charge in [0.25, 0.3) is 5.91 Å². The molecule has 0 atom stereocenters. The molecule has 0 radical (unpaired) electrons. The Labute approximate surface area is 194 Å². The van der Waals surface area contributed by atoms with E-state index in [9.17, 15) is 4.79 Å². The summed E-state index contributed by atoms with van der Waals surface area (Å²) in [6, 6.07) is 12.9. The number of piperazine rings is 1. The summed E-state index contributed by atoms with van der Waals surface area (Å²) in [5.74, 6) is 0.189. The Hall–Kier alpha value is -1.59. The van der Waals surface area contributed by atoms with Gasteiger partial charge in [-0.05, 0) is 60.2 Å². The van der Waals surface area contributed by atoms with Gasteiger partial charge in [-0.3, -0.25) is 14.6 Å². The molecule has 1 aliphatic carbocycles. The molecule has 0 aromatic heterocycles. The Balaban J connectivity index is 1.20. The number of rotatable bonds is 4. The predicted molar refractivity (Wildman–Crippen MR) is 126 cm³/mol. The number of hydrogen-bond donors (Lipinski definition) is 0. The van der Waals surface area contributed by atoms with Gasteiger partial charge in [-0.2, -0.15) is 0 Å². The van der Waals surface area contributed by atoms with Gasteiger partial charge in [0.05, 0.1) is 10.0 Å². The molecular weight excluding hydrogens is 429 g/mol. The van der Waals surface area contributed by atoms with Gasteiger partial charge in [0, 0.05) is 57.4 Å². The Kier molecular flexibility index (Phi) is 6.25. The van der Waals surface area contributed by atoms with Crippen molar-refractivity contribution >= 4 is 29.1 Å². The Morgan fingerprint density at radius 3 is 2.42 bits per heavy atom. The van der Waals surface area contributed by atoms with Crippen LogP contribution in [0.3, 0.4) is 0 Å². The minimum Gasteiger partial charge on any atom is -0.336 e. The van der Waals surface area contributed by atoms with Crippen molar-refractivity contribution in [2.75, 3.05) is 32.7 Å². The molecule has 31 heavy (non-hydrogen) atoms. The number of amides is 1. The third-order valence-corrected chi connectivity index (χ3v) is 7.87. The molecule has 0 bridgehead atoms. The maximum absolute atomic E-state index is 13.1. The van der Waals surface area contributed by atoms with Crippen molar-refractivity contribution in [3.8, 4) is 0 Å². The summed E-state index contributed by atoms with van der Waals surface area (Å²) in [6.07, 6.45) is 5.00. The standard InChI is InChI=1S/C25H29Cl2N3O/c26-23-7-4-18(14-24(23)27)16-28-9-8-19-15-20(5-6-21(19)17-28)25(31)30-12-10-29(11-13-30)22-2-1-3-22/h4-7,14-15,22H,1-3,8-13,16-17H2. The monoisotopic (exact) mass is 457 g/mol. The molecule has 5 rings (SSSR count). The van der Waals surface area contributed by atoms with E-state index < -0.39 is 0 Å². The third kappa shape index (κ3) is 4.63. The van der Waals surface area contributed by atoms with E-state index in [0.29, 0.717) is 10.0 Å². The average Bonchev–Trinajstić information content (AvgIpc) is 2.75. The minimum atomic E-state index is 0.189. The summed E-state index contributed by atoms with van der Waals surface area (Å²) in [6.45, 7) is 6.46. The van der Waals surface area contributed by atoms with E-state index in [1.54, 1.807) is 0 Å². The SMILES string of the molecule is O=C(c1ccc2c(c1)CCN(Cc1ccc(Cl)c(Cl)c1)C2)N1CCN(C2CCC2)CC1. The molecule has 3 aliphatic rings. The summed E-state index contributed by atoms with van der Waals surface area (Å²) in [4.78, 5) is 20.1. The van der Waals surface area contributed by atoms with Crippen molar-refractivity contribution < 1.29 is 4.79 Å². The lowest BCUT2D eigenvalue weighted by molar-refractivity contribution is 0.0455. The summed E-state index contributed by atoms with van der Waals surface area (Å²) >= 11 is 12.2. The number of fused-ring (bicyclic) bond motifs is 1. The molecule has 2 aromatic rings. The van der Waals surface area contributed by atoms with Gasteiger partial charge in [-0.25, -0.2) is 0 Å². The van der Waals surface area contributed by atoms with E-state index in [-0.39, 0.29) is 5.91 Å². The molecule has 6 heteroatoms. The van der Waals surface area contributed by atoms with Crippen molar-refractivity contribution in [1.29, 1.82) is 0 Å². The molecule has 2 aliphatic heterocycles. The topological polar surface area (TPSA) is 26.8 Å². The van der Waals surface area contributed by atoms with Crippen LogP contribution < -0.4 is 0 Å². The largest absolute Gasteiger partial charge is 0.336 e. The number of carbonyl (C=O) groups is 1. The normalized spacial score (nSPS) is 20.4. The minimum absolute atomic E-state index is 0.189. The van der Waals surface area contributed by atoms with Crippen LogP contribution in [0.5, 0.6) is 0 Å². The van der Waals surface area contributed by atoms with Crippen molar-refractivity contribution in [2.24, 2.45) is 0 Å². The van der Waals surface area contributed by atoms with Crippen molar-refractivity contribution in [3.63, 3.8) is 0 Å². The molecule has 164 valence electrons. The first-order valence-electron chi connectivity index (χ1n) is 11.4. The van der Waals surface area contributed by atoms with Gasteiger partial charge in [-0.1, -0.05) is 41.8 Å². The Morgan fingerprint density at radius 1 is 0.903 bits per heavy atom. The van der Waals surface area contributed by atoms with Crippen molar-refractivity contribution in [3.05, 3.63) is 68.7 Å². The van der Waals surface area contributed by atoms with Gasteiger partial charge < -0.3 is 4.90 Å². The quantitative estimate of drug-likeness (QED) is 0.655. The molecule has 2 aromatic carbocycles. The molecule has 2 fully saturated rings. The van der Waals surface area contributed by atoms with Gasteiger partial charge >= 0.3 is 0 Å². The van der Waals surface area contributed by atoms with E-state index >= 15 is 0 Å². The Morgan fingerprint density at radius 2 is 1.71 bits per heavy atom. The van der Waals surface area contributed by atoms with Gasteiger partial charge in [0.2, 0.25) is 0 Å². The molecule has 2 heterocycles. The van der Waals surface area contributed by atoms with Crippen LogP contribution in [0, 0.1) is 0 Å². The molecule has 4 nitrogen and oxygen atoms in total. The van der Waals surface area contributed by atoms with Crippen LogP contribution in [0.4, 0.5) is 0 Å². The fourth-order valence-electron chi connectivity index (χ4n) is 5.00. The summed E-state index contributed by atoms with van der Waals surface area (Å²) in [5, 5.41) is 1.20. The highest BCUT2D eigenvalue weighted by molar-refractivity contribution is 6.42. The summed E-state index contributed by atoms with van der Waals surface area (Å²) in [7, 11) is 0. The smallest absolute Gasteiger partial charge is 0.253 e. The first-order valence-corrected chi connectivity index (χ1v) is 12.1. The maximum Gasteiger partial charge on any atom is 0.253 e. The van der Waals surface area contributed by atoms with Crippen LogP contribution in [0.25, 0.3) is 0 Å². The van der Waals surface area contributed by atoms with Crippen LogP contribution in [-0.4, -0.2) is 59.4 Å². The van der Waals surface area contributed by atoms with E-state index in [4.69, 9.17) is 23.2 Å². The molecule has 0 unspecified atom stereocenters. The van der Waals surface area contributed by atoms with Crippen molar-refractivity contribution in [1.82, 2.24) is 14.7 Å². The Bertz CT molecular complexity index is 967. The average molecular weight is 458 g/mol. The number of benzene rings is 2. The third-order valence-electron chi connectivity index (χ3n) is 7.13. The highest BCUT2D eigenvalue weighted by Crippen LogP contribution is 2.27. The van der Waals surface area contributed by atoms with Gasteiger partial charge in [-0.15, -0.1) is 0 Å². The van der Waals surface area contributed by atoms with Crippen LogP contribution in [0.2, 0.25) is 10.0 Å². The molecule has 1 saturated heterocycles. The van der Waals surface area contributed by atoms with E-state index in [2.05, 4.69) is 21.9 Å². The summed E-state index contributed by atoms with van der Waals surface area (Å²) < 4.78 is 0. The number of hydrogen-bond acceptors (Lipinski definition) is 3. The molecule has 1 saturated carbocycles. The first kappa shape index (κ1) is 21.3.